The highest BCUT2D eigenvalue weighted by Crippen LogP contribution is 2.60. The van der Waals surface area contributed by atoms with Crippen LogP contribution in [0, 0.1) is 5.41 Å². The Labute approximate surface area is 185 Å². The Bertz CT molecular complexity index is 1140. The van der Waals surface area contributed by atoms with Crippen LogP contribution in [0.15, 0.2) is 47.6 Å². The highest BCUT2D eigenvalue weighted by atomic mass is 32.2. The molecule has 0 aliphatic heterocycles. The number of aliphatic hydroxyl groups is 1. The first-order chi connectivity index (χ1) is 15.2. The van der Waals surface area contributed by atoms with E-state index >= 15 is 0 Å². The normalized spacial score (nSPS) is 27.8. The number of nitrogens with one attached hydrogen (secondary N) is 1. The summed E-state index contributed by atoms with van der Waals surface area (Å²) in [6, 6.07) is 11.0. The molecule has 2 fully saturated rings. The van der Waals surface area contributed by atoms with E-state index in [2.05, 4.69) is 59.0 Å². The molecule has 1 aromatic carbocycles. The third-order valence-electron chi connectivity index (χ3n) is 6.82. The predicted octanol–water partition coefficient (Wildman–Crippen LogP) is 3.94. The number of hydrogen-bond acceptors (Lipinski definition) is 7. The van der Waals surface area contributed by atoms with E-state index in [1.807, 2.05) is 10.8 Å². The fraction of sp³-hybridized carbons (Fsp3) is 0.478. The third kappa shape index (κ3) is 3.24. The van der Waals surface area contributed by atoms with Crippen molar-refractivity contribution in [1.29, 1.82) is 0 Å². The molecule has 3 aromatic rings. The molecule has 2 saturated carbocycles. The molecule has 3 aliphatic carbocycles. The van der Waals surface area contributed by atoms with E-state index in [-0.39, 0.29) is 11.5 Å². The maximum atomic E-state index is 10.5. The molecule has 2 aromatic heterocycles. The summed E-state index contributed by atoms with van der Waals surface area (Å²) in [5.74, 6) is 2.23. The first kappa shape index (κ1) is 19.3. The predicted molar refractivity (Wildman–Crippen MR) is 121 cm³/mol. The van der Waals surface area contributed by atoms with Gasteiger partial charge >= 0.3 is 0 Å². The van der Waals surface area contributed by atoms with Gasteiger partial charge in [-0.05, 0) is 31.2 Å². The number of nitrogens with zero attached hydrogens (tertiary/aromatic N) is 5. The van der Waals surface area contributed by atoms with Crippen molar-refractivity contribution in [1.82, 2.24) is 25.0 Å². The molecule has 2 N–H and O–H groups in total. The van der Waals surface area contributed by atoms with Crippen molar-refractivity contribution in [2.24, 2.45) is 5.41 Å². The van der Waals surface area contributed by atoms with Crippen LogP contribution < -0.4 is 5.32 Å². The Morgan fingerprint density at radius 2 is 2.03 bits per heavy atom. The maximum Gasteiger partial charge on any atom is 0.191 e. The van der Waals surface area contributed by atoms with Gasteiger partial charge in [0.25, 0.3) is 0 Å². The van der Waals surface area contributed by atoms with E-state index in [4.69, 9.17) is 9.97 Å². The maximum absolute atomic E-state index is 10.5. The summed E-state index contributed by atoms with van der Waals surface area (Å²) in [5, 5.41) is 23.8. The Morgan fingerprint density at radius 1 is 1.19 bits per heavy atom. The fourth-order valence-corrected chi connectivity index (χ4v) is 5.48. The quantitative estimate of drug-likeness (QED) is 0.331. The van der Waals surface area contributed by atoms with Crippen molar-refractivity contribution >= 4 is 28.7 Å². The SMILES string of the molecule is CCCSc1nc(N[C@@H]2C[C@H]2c2ccccc2)c2nnn([C@H]3C=C[C@@H](O)C34CC4)c2n1. The number of rotatable bonds is 7. The molecule has 0 radical (unpaired) electrons. The van der Waals surface area contributed by atoms with Crippen LogP contribution in [-0.2, 0) is 0 Å². The zero-order valence-corrected chi connectivity index (χ0v) is 18.3. The van der Waals surface area contributed by atoms with Crippen molar-refractivity contribution in [3.05, 3.63) is 48.0 Å². The first-order valence-electron chi connectivity index (χ1n) is 11.1. The second-order valence-electron chi connectivity index (χ2n) is 8.92. The van der Waals surface area contributed by atoms with Gasteiger partial charge in [-0.15, -0.1) is 5.10 Å². The van der Waals surface area contributed by atoms with E-state index in [9.17, 15) is 5.11 Å². The van der Waals surface area contributed by atoms with Gasteiger partial charge in [0.1, 0.15) is 0 Å². The molecule has 0 bridgehead atoms. The Kier molecular flexibility index (Phi) is 4.54. The van der Waals surface area contributed by atoms with Gasteiger partial charge in [0.2, 0.25) is 0 Å². The molecule has 0 unspecified atom stereocenters. The van der Waals surface area contributed by atoms with Gasteiger partial charge in [-0.2, -0.15) is 0 Å². The summed E-state index contributed by atoms with van der Waals surface area (Å²) >= 11 is 1.67. The van der Waals surface area contributed by atoms with E-state index in [0.717, 1.165) is 48.1 Å². The van der Waals surface area contributed by atoms with Crippen LogP contribution in [0.5, 0.6) is 0 Å². The first-order valence-corrected chi connectivity index (χ1v) is 12.1. The fourth-order valence-electron chi connectivity index (χ4n) is 4.78. The van der Waals surface area contributed by atoms with Gasteiger partial charge in [-0.25, -0.2) is 14.6 Å². The summed E-state index contributed by atoms with van der Waals surface area (Å²) in [4.78, 5) is 9.65. The van der Waals surface area contributed by atoms with Gasteiger partial charge in [-0.3, -0.25) is 0 Å². The number of fused-ring (bicyclic) bond motifs is 1. The summed E-state index contributed by atoms with van der Waals surface area (Å²) in [5.41, 5.74) is 2.69. The van der Waals surface area contributed by atoms with Gasteiger partial charge in [0.15, 0.2) is 22.1 Å². The molecule has 4 atom stereocenters. The van der Waals surface area contributed by atoms with Crippen LogP contribution in [0.1, 0.15) is 50.1 Å². The summed E-state index contributed by atoms with van der Waals surface area (Å²) in [6.45, 7) is 2.16. The smallest absolute Gasteiger partial charge is 0.191 e. The highest BCUT2D eigenvalue weighted by Gasteiger charge is 2.57. The molecule has 31 heavy (non-hydrogen) atoms. The molecule has 160 valence electrons. The van der Waals surface area contributed by atoms with Crippen molar-refractivity contribution in [3.8, 4) is 0 Å². The van der Waals surface area contributed by atoms with E-state index < -0.39 is 6.10 Å². The van der Waals surface area contributed by atoms with Crippen molar-refractivity contribution in [2.75, 3.05) is 11.1 Å². The molecule has 8 heteroatoms. The van der Waals surface area contributed by atoms with Crippen molar-refractivity contribution in [3.63, 3.8) is 0 Å². The summed E-state index contributed by atoms with van der Waals surface area (Å²) < 4.78 is 1.90. The van der Waals surface area contributed by atoms with Crippen molar-refractivity contribution in [2.45, 2.75) is 61.9 Å². The molecule has 0 saturated heterocycles. The topological polar surface area (TPSA) is 88.8 Å². The molecular formula is C23H26N6OS. The Balaban J connectivity index is 1.35. The van der Waals surface area contributed by atoms with Crippen LogP contribution >= 0.6 is 11.8 Å². The van der Waals surface area contributed by atoms with Gasteiger partial charge in [-0.1, -0.05) is 66.4 Å². The van der Waals surface area contributed by atoms with Gasteiger partial charge in [0.05, 0.1) is 12.1 Å². The van der Waals surface area contributed by atoms with Crippen molar-refractivity contribution < 1.29 is 5.11 Å². The lowest BCUT2D eigenvalue weighted by Crippen LogP contribution is -2.25. The average Bonchev–Trinajstić information content (AvgIpc) is 3.68. The van der Waals surface area contributed by atoms with Gasteiger partial charge < -0.3 is 10.4 Å². The number of thioether (sulfide) groups is 1. The number of anilines is 1. The number of benzene rings is 1. The van der Waals surface area contributed by atoms with E-state index in [1.54, 1.807) is 11.8 Å². The minimum absolute atomic E-state index is 0.00253. The largest absolute Gasteiger partial charge is 0.388 e. The van der Waals surface area contributed by atoms with Crippen LogP contribution in [0.3, 0.4) is 0 Å². The molecule has 1 spiro atoms. The van der Waals surface area contributed by atoms with E-state index in [0.29, 0.717) is 17.5 Å². The van der Waals surface area contributed by atoms with E-state index in [1.165, 1.54) is 5.56 Å². The van der Waals surface area contributed by atoms with Crippen LogP contribution in [0.2, 0.25) is 0 Å². The lowest BCUT2D eigenvalue weighted by Gasteiger charge is -2.21. The zero-order valence-electron chi connectivity index (χ0n) is 17.5. The molecule has 0 amide bonds. The molecule has 7 nitrogen and oxygen atoms in total. The Hall–Kier alpha value is -2.45. The number of aromatic nitrogens is 5. The summed E-state index contributed by atoms with van der Waals surface area (Å²) in [6.07, 6.45) is 7.69. The number of aliphatic hydroxyl groups excluding tert-OH is 1. The molecule has 2 heterocycles. The number of allylic oxidation sites excluding steroid dienone is 1. The standard InChI is InChI=1S/C23H26N6OS/c1-2-12-31-22-25-20(24-16-13-15(16)14-6-4-3-5-7-14)19-21(26-22)29(28-27-19)17-8-9-18(30)23(17)10-11-23/h3-9,15-18,30H,2,10-13H2,1H3,(H,24,25,26)/t15-,16+,17-,18+/m0/s1. The number of hydrogen-bond donors (Lipinski definition) is 2. The minimum atomic E-state index is -0.414. The van der Waals surface area contributed by atoms with Crippen LogP contribution in [0.4, 0.5) is 5.82 Å². The lowest BCUT2D eigenvalue weighted by molar-refractivity contribution is 0.123. The molecule has 3 aliphatic rings. The Morgan fingerprint density at radius 3 is 2.81 bits per heavy atom. The minimum Gasteiger partial charge on any atom is -0.388 e. The summed E-state index contributed by atoms with van der Waals surface area (Å²) in [7, 11) is 0. The zero-order chi connectivity index (χ0) is 21.0. The highest BCUT2D eigenvalue weighted by molar-refractivity contribution is 7.99. The van der Waals surface area contributed by atoms with Crippen LogP contribution in [0.25, 0.3) is 11.2 Å². The lowest BCUT2D eigenvalue weighted by atomic mass is 9.97. The molecular weight excluding hydrogens is 408 g/mol. The molecule has 6 rings (SSSR count). The van der Waals surface area contributed by atoms with Crippen LogP contribution in [-0.4, -0.2) is 48.0 Å². The average molecular weight is 435 g/mol. The monoisotopic (exact) mass is 434 g/mol. The third-order valence-corrected chi connectivity index (χ3v) is 7.88. The van der Waals surface area contributed by atoms with Gasteiger partial charge in [0, 0.05) is 23.1 Å². The second-order valence-corrected chi connectivity index (χ2v) is 9.98. The second kappa shape index (κ2) is 7.31.